The minimum Gasteiger partial charge on any atom is -0.505 e. The van der Waals surface area contributed by atoms with E-state index in [4.69, 9.17) is 0 Å². The predicted molar refractivity (Wildman–Crippen MR) is 83.4 cm³/mol. The van der Waals surface area contributed by atoms with Crippen molar-refractivity contribution in [1.82, 2.24) is 10.3 Å². The molecule has 2 heterocycles. The summed E-state index contributed by atoms with van der Waals surface area (Å²) in [6, 6.07) is 10.9. The van der Waals surface area contributed by atoms with Crippen molar-refractivity contribution < 1.29 is 9.90 Å². The Morgan fingerprint density at radius 1 is 1.29 bits per heavy atom. The molecule has 0 spiro atoms. The standard InChI is InChI=1S/C16H14N2O2S/c1-10(19)18-15(13-5-3-9-21-13)12-7-6-11-4-2-8-17-14(11)16(12)20/h2-9,15,20H,1H3,(H,18,19)/t15-/m0/s1. The smallest absolute Gasteiger partial charge is 0.217 e. The van der Waals surface area contributed by atoms with Crippen molar-refractivity contribution in [2.75, 3.05) is 0 Å². The second-order valence-electron chi connectivity index (χ2n) is 4.73. The molecule has 5 heteroatoms. The fourth-order valence-corrected chi connectivity index (χ4v) is 3.13. The number of fused-ring (bicyclic) bond motifs is 1. The third-order valence-corrected chi connectivity index (χ3v) is 4.20. The Morgan fingerprint density at radius 2 is 2.14 bits per heavy atom. The zero-order valence-electron chi connectivity index (χ0n) is 11.4. The maximum atomic E-state index is 11.5. The van der Waals surface area contributed by atoms with Crippen LogP contribution >= 0.6 is 11.3 Å². The molecule has 21 heavy (non-hydrogen) atoms. The fraction of sp³-hybridized carbons (Fsp3) is 0.125. The summed E-state index contributed by atoms with van der Waals surface area (Å²) in [4.78, 5) is 16.7. The van der Waals surface area contributed by atoms with Crippen LogP contribution in [-0.4, -0.2) is 16.0 Å². The molecular weight excluding hydrogens is 284 g/mol. The SMILES string of the molecule is CC(=O)N[C@H](c1cccs1)c1ccc2cccnc2c1O. The minimum atomic E-state index is -0.367. The normalized spacial score (nSPS) is 12.2. The van der Waals surface area contributed by atoms with Gasteiger partial charge in [0.25, 0.3) is 0 Å². The molecule has 3 rings (SSSR count). The van der Waals surface area contributed by atoms with E-state index >= 15 is 0 Å². The summed E-state index contributed by atoms with van der Waals surface area (Å²) in [6.07, 6.45) is 1.64. The zero-order chi connectivity index (χ0) is 14.8. The predicted octanol–water partition coefficient (Wildman–Crippen LogP) is 3.23. The summed E-state index contributed by atoms with van der Waals surface area (Å²) in [5.41, 5.74) is 1.20. The molecule has 1 amide bonds. The Morgan fingerprint density at radius 3 is 2.86 bits per heavy atom. The third kappa shape index (κ3) is 2.60. The first-order valence-corrected chi connectivity index (χ1v) is 7.42. The van der Waals surface area contributed by atoms with Gasteiger partial charge in [0.1, 0.15) is 11.3 Å². The number of benzene rings is 1. The summed E-state index contributed by atoms with van der Waals surface area (Å²) in [5, 5.41) is 16.2. The maximum absolute atomic E-state index is 11.5. The monoisotopic (exact) mass is 298 g/mol. The van der Waals surface area contributed by atoms with Gasteiger partial charge in [0, 0.05) is 28.9 Å². The average molecular weight is 298 g/mol. The van der Waals surface area contributed by atoms with E-state index < -0.39 is 0 Å². The van der Waals surface area contributed by atoms with E-state index in [-0.39, 0.29) is 17.7 Å². The molecular formula is C16H14N2O2S. The Labute approximate surface area is 126 Å². The number of phenolic OH excluding ortho intramolecular Hbond substituents is 1. The van der Waals surface area contributed by atoms with E-state index in [2.05, 4.69) is 10.3 Å². The van der Waals surface area contributed by atoms with Crippen molar-refractivity contribution in [3.05, 3.63) is 58.4 Å². The number of pyridine rings is 1. The maximum Gasteiger partial charge on any atom is 0.217 e. The number of nitrogens with one attached hydrogen (secondary N) is 1. The van der Waals surface area contributed by atoms with Crippen LogP contribution in [0.25, 0.3) is 10.9 Å². The molecule has 0 aliphatic heterocycles. The van der Waals surface area contributed by atoms with Crippen molar-refractivity contribution >= 4 is 28.1 Å². The van der Waals surface area contributed by atoms with Crippen molar-refractivity contribution in [3.63, 3.8) is 0 Å². The van der Waals surface area contributed by atoms with Crippen LogP contribution in [0.1, 0.15) is 23.4 Å². The number of amides is 1. The zero-order valence-corrected chi connectivity index (χ0v) is 12.2. The molecule has 1 aromatic carbocycles. The Bertz CT molecular complexity index is 784. The molecule has 0 aliphatic rings. The van der Waals surface area contributed by atoms with E-state index in [9.17, 15) is 9.90 Å². The highest BCUT2D eigenvalue weighted by molar-refractivity contribution is 7.10. The number of hydrogen-bond acceptors (Lipinski definition) is 4. The molecule has 4 nitrogen and oxygen atoms in total. The lowest BCUT2D eigenvalue weighted by Gasteiger charge is -2.19. The molecule has 0 saturated carbocycles. The number of phenols is 1. The van der Waals surface area contributed by atoms with Gasteiger partial charge in [0.2, 0.25) is 5.91 Å². The molecule has 0 fully saturated rings. The van der Waals surface area contributed by atoms with E-state index in [0.29, 0.717) is 11.1 Å². The van der Waals surface area contributed by atoms with E-state index in [1.54, 1.807) is 6.20 Å². The van der Waals surface area contributed by atoms with Crippen molar-refractivity contribution in [2.45, 2.75) is 13.0 Å². The van der Waals surface area contributed by atoms with Crippen molar-refractivity contribution in [1.29, 1.82) is 0 Å². The first kappa shape index (κ1) is 13.6. The minimum absolute atomic E-state index is 0.111. The summed E-state index contributed by atoms with van der Waals surface area (Å²) in [5.74, 6) is -0.0332. The number of nitrogens with zero attached hydrogens (tertiary/aromatic N) is 1. The van der Waals surface area contributed by atoms with Crippen LogP contribution in [0.2, 0.25) is 0 Å². The van der Waals surface area contributed by atoms with Crippen molar-refractivity contribution in [2.24, 2.45) is 0 Å². The quantitative estimate of drug-likeness (QED) is 0.780. The molecule has 106 valence electrons. The van der Waals surface area contributed by atoms with E-state index in [1.807, 2.05) is 41.8 Å². The van der Waals surface area contributed by atoms with Gasteiger partial charge in [-0.3, -0.25) is 9.78 Å². The van der Waals surface area contributed by atoms with Gasteiger partial charge < -0.3 is 10.4 Å². The Hall–Kier alpha value is -2.40. The molecule has 3 aromatic rings. The van der Waals surface area contributed by atoms with Gasteiger partial charge in [-0.15, -0.1) is 11.3 Å². The topological polar surface area (TPSA) is 62.2 Å². The summed E-state index contributed by atoms with van der Waals surface area (Å²) in [7, 11) is 0. The van der Waals surface area contributed by atoms with Crippen LogP contribution in [0.5, 0.6) is 5.75 Å². The number of rotatable bonds is 3. The van der Waals surface area contributed by atoms with Crippen molar-refractivity contribution in [3.8, 4) is 5.75 Å². The highest BCUT2D eigenvalue weighted by Gasteiger charge is 2.21. The first-order valence-electron chi connectivity index (χ1n) is 6.54. The molecule has 0 unspecified atom stereocenters. The number of carbonyl (C=O) groups is 1. The van der Waals surface area contributed by atoms with Gasteiger partial charge in [-0.1, -0.05) is 24.3 Å². The molecule has 2 N–H and O–H groups in total. The first-order chi connectivity index (χ1) is 10.2. The number of aromatic nitrogens is 1. The average Bonchev–Trinajstić information content (AvgIpc) is 3.00. The number of aromatic hydroxyl groups is 1. The van der Waals surface area contributed by atoms with Crippen LogP contribution in [0, 0.1) is 0 Å². The number of thiophene rings is 1. The van der Waals surface area contributed by atoms with Gasteiger partial charge in [-0.2, -0.15) is 0 Å². The fourth-order valence-electron chi connectivity index (χ4n) is 2.34. The van der Waals surface area contributed by atoms with Gasteiger partial charge in [-0.05, 0) is 17.5 Å². The van der Waals surface area contributed by atoms with Gasteiger partial charge in [-0.25, -0.2) is 0 Å². The second-order valence-corrected chi connectivity index (χ2v) is 5.71. The molecule has 0 aliphatic carbocycles. The lowest BCUT2D eigenvalue weighted by Crippen LogP contribution is -2.26. The lowest BCUT2D eigenvalue weighted by atomic mass is 10.0. The highest BCUT2D eigenvalue weighted by atomic mass is 32.1. The summed E-state index contributed by atoms with van der Waals surface area (Å²) < 4.78 is 0. The van der Waals surface area contributed by atoms with Gasteiger partial charge in [0.15, 0.2) is 0 Å². The number of hydrogen-bond donors (Lipinski definition) is 2. The second kappa shape index (κ2) is 5.54. The molecule has 1 atom stereocenters. The van der Waals surface area contributed by atoms with Crippen LogP contribution < -0.4 is 5.32 Å². The van der Waals surface area contributed by atoms with Crippen LogP contribution in [0.3, 0.4) is 0 Å². The van der Waals surface area contributed by atoms with Gasteiger partial charge >= 0.3 is 0 Å². The molecule has 2 aromatic heterocycles. The molecule has 0 saturated heterocycles. The number of carbonyl (C=O) groups excluding carboxylic acids is 1. The van der Waals surface area contributed by atoms with E-state index in [0.717, 1.165) is 10.3 Å². The van der Waals surface area contributed by atoms with Gasteiger partial charge in [0.05, 0.1) is 6.04 Å². The van der Waals surface area contributed by atoms with Crippen LogP contribution in [0.4, 0.5) is 0 Å². The Balaban J connectivity index is 2.15. The van der Waals surface area contributed by atoms with E-state index in [1.165, 1.54) is 18.3 Å². The highest BCUT2D eigenvalue weighted by Crippen LogP contribution is 2.35. The summed E-state index contributed by atoms with van der Waals surface area (Å²) in [6.45, 7) is 1.47. The summed E-state index contributed by atoms with van der Waals surface area (Å²) >= 11 is 1.54. The third-order valence-electron chi connectivity index (χ3n) is 3.27. The van der Waals surface area contributed by atoms with Crippen LogP contribution in [-0.2, 0) is 4.79 Å². The molecule has 0 bridgehead atoms. The molecule has 0 radical (unpaired) electrons. The Kier molecular flexibility index (Phi) is 3.58. The largest absolute Gasteiger partial charge is 0.505 e. The lowest BCUT2D eigenvalue weighted by molar-refractivity contribution is -0.119. The van der Waals surface area contributed by atoms with Crippen LogP contribution in [0.15, 0.2) is 48.0 Å².